The van der Waals surface area contributed by atoms with Crippen molar-refractivity contribution in [3.63, 3.8) is 0 Å². The van der Waals surface area contributed by atoms with Crippen LogP contribution in [0.3, 0.4) is 0 Å². The van der Waals surface area contributed by atoms with Crippen molar-refractivity contribution < 1.29 is 9.90 Å². The highest BCUT2D eigenvalue weighted by molar-refractivity contribution is 7.99. The van der Waals surface area contributed by atoms with Crippen molar-refractivity contribution in [2.24, 2.45) is 0 Å². The number of carboxylic acid groups (broad SMARTS) is 1. The molecular formula is C16H20N8O2S2. The van der Waals surface area contributed by atoms with E-state index in [4.69, 9.17) is 10.4 Å². The molecule has 0 atom stereocenters. The molecule has 0 bridgehead atoms. The molecule has 3 N–H and O–H groups in total. The molecule has 0 aliphatic carbocycles. The molecule has 0 unspecified atom stereocenters. The second kappa shape index (κ2) is 9.54. The van der Waals surface area contributed by atoms with Crippen LogP contribution in [0.25, 0.3) is 0 Å². The molecule has 1 amide bonds. The summed E-state index contributed by atoms with van der Waals surface area (Å²) >= 11 is 2.63. The Morgan fingerprint density at radius 1 is 1.39 bits per heavy atom. The van der Waals surface area contributed by atoms with Crippen LogP contribution in [0.15, 0.2) is 17.4 Å². The summed E-state index contributed by atoms with van der Waals surface area (Å²) < 4.78 is 0. The summed E-state index contributed by atoms with van der Waals surface area (Å²) in [6, 6.07) is 3.94. The van der Waals surface area contributed by atoms with E-state index in [2.05, 4.69) is 48.5 Å². The second-order valence-corrected chi connectivity index (χ2v) is 8.12. The summed E-state index contributed by atoms with van der Waals surface area (Å²) in [4.78, 5) is 28.9. The molecule has 2 aromatic rings. The lowest BCUT2D eigenvalue weighted by molar-refractivity contribution is 0.195. The predicted molar refractivity (Wildman–Crippen MR) is 109 cm³/mol. The summed E-state index contributed by atoms with van der Waals surface area (Å²) in [5.74, 6) is 1.93. The van der Waals surface area contributed by atoms with Crippen LogP contribution in [0.2, 0.25) is 0 Å². The molecule has 0 radical (unpaired) electrons. The zero-order valence-electron chi connectivity index (χ0n) is 15.3. The zero-order valence-corrected chi connectivity index (χ0v) is 16.9. The Hall–Kier alpha value is -2.62. The van der Waals surface area contributed by atoms with E-state index in [0.717, 1.165) is 32.0 Å². The van der Waals surface area contributed by atoms with Crippen molar-refractivity contribution >= 4 is 46.0 Å². The Morgan fingerprint density at radius 2 is 2.18 bits per heavy atom. The lowest BCUT2D eigenvalue weighted by Gasteiger charge is -2.33. The number of nitriles is 1. The molecule has 3 rings (SSSR count). The third kappa shape index (κ3) is 5.69. The zero-order chi connectivity index (χ0) is 19.9. The van der Waals surface area contributed by atoms with E-state index < -0.39 is 6.09 Å². The van der Waals surface area contributed by atoms with E-state index in [-0.39, 0.29) is 0 Å². The first-order chi connectivity index (χ1) is 13.5. The van der Waals surface area contributed by atoms with Gasteiger partial charge in [-0.3, -0.25) is 0 Å². The first-order valence-corrected chi connectivity index (χ1v) is 10.4. The van der Waals surface area contributed by atoms with E-state index in [1.165, 1.54) is 29.3 Å². The molecular weight excluding hydrogens is 400 g/mol. The predicted octanol–water partition coefficient (Wildman–Crippen LogP) is 1.66. The van der Waals surface area contributed by atoms with Gasteiger partial charge >= 0.3 is 6.09 Å². The number of nitrogens with one attached hydrogen (secondary N) is 2. The summed E-state index contributed by atoms with van der Waals surface area (Å²) in [5, 5.41) is 24.3. The highest BCUT2D eigenvalue weighted by Crippen LogP contribution is 2.26. The molecule has 148 valence electrons. The average Bonchev–Trinajstić information content (AvgIpc) is 3.13. The van der Waals surface area contributed by atoms with Crippen molar-refractivity contribution in [3.05, 3.63) is 17.1 Å². The van der Waals surface area contributed by atoms with Gasteiger partial charge in [-0.05, 0) is 7.05 Å². The number of anilines is 3. The Labute approximate surface area is 170 Å². The van der Waals surface area contributed by atoms with Gasteiger partial charge in [0.1, 0.15) is 22.6 Å². The minimum absolute atomic E-state index is 0.308. The molecule has 0 aromatic carbocycles. The standard InChI is InChI=1S/C16H20N8O2S2/c1-23-3-5-24(6-4-23)13-8-12(20-14-19-10-11(9-17)28-14)21-15(22-13)27-7-2-18-16(25)26/h8,10,18H,2-7H2,1H3,(H,25,26)(H,19,20,21,22). The van der Waals surface area contributed by atoms with Gasteiger partial charge in [0.2, 0.25) is 0 Å². The van der Waals surface area contributed by atoms with Crippen LogP contribution in [-0.2, 0) is 0 Å². The maximum atomic E-state index is 10.6. The number of thiazole rings is 1. The van der Waals surface area contributed by atoms with E-state index >= 15 is 0 Å². The Morgan fingerprint density at radius 3 is 2.86 bits per heavy atom. The minimum Gasteiger partial charge on any atom is -0.465 e. The van der Waals surface area contributed by atoms with Gasteiger partial charge in [0.15, 0.2) is 10.3 Å². The van der Waals surface area contributed by atoms with Crippen LogP contribution in [0.1, 0.15) is 4.88 Å². The largest absolute Gasteiger partial charge is 0.465 e. The van der Waals surface area contributed by atoms with Crippen LogP contribution in [0.5, 0.6) is 0 Å². The number of rotatable bonds is 7. The van der Waals surface area contributed by atoms with E-state index in [0.29, 0.717) is 33.3 Å². The Balaban J connectivity index is 1.76. The monoisotopic (exact) mass is 420 g/mol. The maximum absolute atomic E-state index is 10.6. The molecule has 2 aromatic heterocycles. The number of nitrogens with zero attached hydrogens (tertiary/aromatic N) is 6. The molecule has 12 heteroatoms. The average molecular weight is 421 g/mol. The number of thioether (sulfide) groups is 1. The van der Waals surface area contributed by atoms with Crippen molar-refractivity contribution in [1.82, 2.24) is 25.2 Å². The molecule has 0 saturated carbocycles. The third-order valence-electron chi connectivity index (χ3n) is 3.98. The van der Waals surface area contributed by atoms with Gasteiger partial charge in [-0.1, -0.05) is 23.1 Å². The smallest absolute Gasteiger partial charge is 0.404 e. The number of hydrogen-bond donors (Lipinski definition) is 3. The molecule has 1 aliphatic heterocycles. The number of piperazine rings is 1. The number of hydrogen-bond acceptors (Lipinski definition) is 10. The number of carbonyl (C=O) groups is 1. The van der Waals surface area contributed by atoms with Crippen molar-refractivity contribution in [3.8, 4) is 6.07 Å². The van der Waals surface area contributed by atoms with Crippen molar-refractivity contribution in [2.45, 2.75) is 5.16 Å². The summed E-state index contributed by atoms with van der Waals surface area (Å²) in [5.41, 5.74) is 0. The van der Waals surface area contributed by atoms with Crippen LogP contribution in [0.4, 0.5) is 21.6 Å². The molecule has 0 spiro atoms. The topological polar surface area (TPSA) is 130 Å². The fourth-order valence-electron chi connectivity index (χ4n) is 2.53. The van der Waals surface area contributed by atoms with Crippen molar-refractivity contribution in [1.29, 1.82) is 5.26 Å². The summed E-state index contributed by atoms with van der Waals surface area (Å²) in [7, 11) is 2.09. The number of aromatic nitrogens is 3. The van der Waals surface area contributed by atoms with Gasteiger partial charge in [0, 0.05) is 44.5 Å². The second-order valence-electron chi connectivity index (χ2n) is 6.03. The molecule has 3 heterocycles. The van der Waals surface area contributed by atoms with Crippen LogP contribution < -0.4 is 15.5 Å². The molecule has 1 aliphatic rings. The molecule has 1 fully saturated rings. The first-order valence-electron chi connectivity index (χ1n) is 8.58. The molecule has 1 saturated heterocycles. The Bertz CT molecular complexity index is 861. The van der Waals surface area contributed by atoms with Crippen molar-refractivity contribution in [2.75, 3.05) is 55.7 Å². The summed E-state index contributed by atoms with van der Waals surface area (Å²) in [6.07, 6.45) is 0.468. The van der Waals surface area contributed by atoms with Gasteiger partial charge in [-0.2, -0.15) is 5.26 Å². The van der Waals surface area contributed by atoms with Crippen LogP contribution in [0, 0.1) is 11.3 Å². The quantitative estimate of drug-likeness (QED) is 0.345. The van der Waals surface area contributed by atoms with E-state index in [1.807, 2.05) is 6.07 Å². The van der Waals surface area contributed by atoms with Crippen LogP contribution >= 0.6 is 23.1 Å². The summed E-state index contributed by atoms with van der Waals surface area (Å²) in [6.45, 7) is 3.95. The van der Waals surface area contributed by atoms with Gasteiger partial charge in [0.05, 0.1) is 6.20 Å². The first kappa shape index (κ1) is 20.1. The van der Waals surface area contributed by atoms with Crippen LogP contribution in [-0.4, -0.2) is 76.6 Å². The van der Waals surface area contributed by atoms with E-state index in [9.17, 15) is 4.79 Å². The Kier molecular flexibility index (Phi) is 6.85. The highest BCUT2D eigenvalue weighted by atomic mass is 32.2. The van der Waals surface area contributed by atoms with E-state index in [1.54, 1.807) is 0 Å². The molecule has 10 nitrogen and oxygen atoms in total. The molecule has 28 heavy (non-hydrogen) atoms. The minimum atomic E-state index is -1.05. The SMILES string of the molecule is CN1CCN(c2cc(Nc3ncc(C#N)s3)nc(SCCNC(=O)O)n2)CC1. The fraction of sp³-hybridized carbons (Fsp3) is 0.438. The van der Waals surface area contributed by atoms with Gasteiger partial charge in [-0.15, -0.1) is 0 Å². The number of likely N-dealkylation sites (N-methyl/N-ethyl adjacent to an activating group) is 1. The highest BCUT2D eigenvalue weighted by Gasteiger charge is 2.18. The normalized spacial score (nSPS) is 14.5. The number of amides is 1. The lowest BCUT2D eigenvalue weighted by atomic mass is 10.3. The third-order valence-corrected chi connectivity index (χ3v) is 5.65. The maximum Gasteiger partial charge on any atom is 0.404 e. The van der Waals surface area contributed by atoms with Gasteiger partial charge in [0.25, 0.3) is 0 Å². The fourth-order valence-corrected chi connectivity index (χ4v) is 3.86. The van der Waals surface area contributed by atoms with Gasteiger partial charge in [-0.25, -0.2) is 19.7 Å². The van der Waals surface area contributed by atoms with Gasteiger partial charge < -0.3 is 25.5 Å². The lowest BCUT2D eigenvalue weighted by Crippen LogP contribution is -2.44.